The number of amides is 1. The molecule has 118 valence electrons. The van der Waals surface area contributed by atoms with Crippen LogP contribution in [0.5, 0.6) is 0 Å². The van der Waals surface area contributed by atoms with Gasteiger partial charge in [-0.15, -0.1) is 0 Å². The number of hydrogen-bond acceptors (Lipinski definition) is 4. The molecular formula is C16H23N5O. The molecule has 0 spiro atoms. The first-order valence-corrected chi connectivity index (χ1v) is 7.32. The van der Waals surface area contributed by atoms with Crippen molar-refractivity contribution in [2.24, 2.45) is 5.92 Å². The lowest BCUT2D eigenvalue weighted by molar-refractivity contribution is 0.0807. The van der Waals surface area contributed by atoms with Crippen LogP contribution in [-0.2, 0) is 0 Å². The van der Waals surface area contributed by atoms with Gasteiger partial charge in [0.15, 0.2) is 5.69 Å². The normalized spacial score (nSPS) is 11.2. The minimum atomic E-state index is -0.248. The van der Waals surface area contributed by atoms with Crippen molar-refractivity contribution in [1.82, 2.24) is 20.2 Å². The molecule has 1 heterocycles. The molecule has 0 atom stereocenters. The van der Waals surface area contributed by atoms with E-state index in [1.54, 1.807) is 16.6 Å². The molecule has 0 unspecified atom stereocenters. The van der Waals surface area contributed by atoms with Gasteiger partial charge in [-0.05, 0) is 25.0 Å². The van der Waals surface area contributed by atoms with E-state index in [4.69, 9.17) is 5.73 Å². The van der Waals surface area contributed by atoms with Gasteiger partial charge in [0.2, 0.25) is 0 Å². The number of nitrogen functional groups attached to an aromatic ring is 1. The third-order valence-electron chi connectivity index (χ3n) is 3.31. The van der Waals surface area contributed by atoms with E-state index < -0.39 is 0 Å². The highest BCUT2D eigenvalue weighted by Crippen LogP contribution is 2.20. The Hall–Kier alpha value is -2.34. The molecule has 0 aliphatic heterocycles. The van der Waals surface area contributed by atoms with Gasteiger partial charge < -0.3 is 5.73 Å². The predicted octanol–water partition coefficient (Wildman–Crippen LogP) is 2.00. The van der Waals surface area contributed by atoms with Crippen molar-refractivity contribution < 1.29 is 4.79 Å². The summed E-state index contributed by atoms with van der Waals surface area (Å²) in [6.07, 6.45) is 0. The summed E-state index contributed by atoms with van der Waals surface area (Å²) in [5, 5.41) is 6.13. The highest BCUT2D eigenvalue weighted by atomic mass is 16.2. The van der Waals surface area contributed by atoms with Crippen molar-refractivity contribution >= 4 is 11.7 Å². The maximum Gasteiger partial charge on any atom is 0.286 e. The standard InChI is InChI=1S/C16H23N5O/c1-11(2)10-20(4)19-16(22)14-12(3)15(17)21(18-14)13-8-6-5-7-9-13/h5-9,11H,10,17H2,1-4H3,(H,19,22). The average molecular weight is 301 g/mol. The zero-order valence-corrected chi connectivity index (χ0v) is 13.5. The Morgan fingerprint density at radius 1 is 1.36 bits per heavy atom. The van der Waals surface area contributed by atoms with Crippen molar-refractivity contribution in [1.29, 1.82) is 0 Å². The van der Waals surface area contributed by atoms with Gasteiger partial charge in [-0.1, -0.05) is 32.0 Å². The molecule has 1 aromatic carbocycles. The maximum atomic E-state index is 12.4. The largest absolute Gasteiger partial charge is 0.383 e. The molecule has 0 saturated heterocycles. The van der Waals surface area contributed by atoms with Crippen LogP contribution in [0.4, 0.5) is 5.82 Å². The lowest BCUT2D eigenvalue weighted by atomic mass is 10.2. The number of nitrogens with two attached hydrogens (primary N) is 1. The number of rotatable bonds is 5. The molecule has 1 aromatic heterocycles. The van der Waals surface area contributed by atoms with E-state index in [-0.39, 0.29) is 5.91 Å². The molecule has 22 heavy (non-hydrogen) atoms. The van der Waals surface area contributed by atoms with Crippen molar-refractivity contribution in [3.05, 3.63) is 41.6 Å². The molecule has 6 heteroatoms. The topological polar surface area (TPSA) is 76.2 Å². The Labute approximate surface area is 130 Å². The summed E-state index contributed by atoms with van der Waals surface area (Å²) in [6.45, 7) is 6.75. The summed E-state index contributed by atoms with van der Waals surface area (Å²) >= 11 is 0. The lowest BCUT2D eigenvalue weighted by Crippen LogP contribution is -2.41. The summed E-state index contributed by atoms with van der Waals surface area (Å²) in [4.78, 5) is 12.4. The number of benzene rings is 1. The second kappa shape index (κ2) is 6.62. The van der Waals surface area contributed by atoms with Crippen LogP contribution in [0.25, 0.3) is 5.69 Å². The number of carbonyl (C=O) groups is 1. The summed E-state index contributed by atoms with van der Waals surface area (Å²) in [5.41, 5.74) is 10.8. The zero-order valence-electron chi connectivity index (χ0n) is 13.5. The van der Waals surface area contributed by atoms with Gasteiger partial charge in [0.05, 0.1) is 5.69 Å². The van der Waals surface area contributed by atoms with E-state index in [0.717, 1.165) is 12.2 Å². The molecule has 2 rings (SSSR count). The minimum absolute atomic E-state index is 0.248. The van der Waals surface area contributed by atoms with E-state index in [0.29, 0.717) is 23.0 Å². The van der Waals surface area contributed by atoms with Crippen LogP contribution in [-0.4, -0.2) is 34.3 Å². The van der Waals surface area contributed by atoms with Crippen LogP contribution in [0.2, 0.25) is 0 Å². The average Bonchev–Trinajstić information content (AvgIpc) is 2.75. The zero-order chi connectivity index (χ0) is 16.3. The Kier molecular flexibility index (Phi) is 4.82. The number of nitrogens with zero attached hydrogens (tertiary/aromatic N) is 3. The molecule has 0 saturated carbocycles. The molecule has 3 N–H and O–H groups in total. The van der Waals surface area contributed by atoms with Gasteiger partial charge in [-0.25, -0.2) is 9.69 Å². The van der Waals surface area contributed by atoms with Crippen LogP contribution in [0.15, 0.2) is 30.3 Å². The number of carbonyl (C=O) groups excluding carboxylic acids is 1. The van der Waals surface area contributed by atoms with Gasteiger partial charge in [-0.3, -0.25) is 10.2 Å². The highest BCUT2D eigenvalue weighted by Gasteiger charge is 2.20. The monoisotopic (exact) mass is 301 g/mol. The smallest absolute Gasteiger partial charge is 0.286 e. The van der Waals surface area contributed by atoms with E-state index in [9.17, 15) is 4.79 Å². The summed E-state index contributed by atoms with van der Waals surface area (Å²) < 4.78 is 1.59. The third kappa shape index (κ3) is 3.46. The van der Waals surface area contributed by atoms with Gasteiger partial charge in [-0.2, -0.15) is 5.10 Å². The van der Waals surface area contributed by atoms with Crippen molar-refractivity contribution in [2.75, 3.05) is 19.3 Å². The molecule has 0 radical (unpaired) electrons. The van der Waals surface area contributed by atoms with Gasteiger partial charge in [0.25, 0.3) is 5.91 Å². The molecule has 6 nitrogen and oxygen atoms in total. The molecule has 0 bridgehead atoms. The fraction of sp³-hybridized carbons (Fsp3) is 0.375. The molecule has 2 aromatic rings. The van der Waals surface area contributed by atoms with Crippen molar-refractivity contribution in [3.63, 3.8) is 0 Å². The summed E-state index contributed by atoms with van der Waals surface area (Å²) in [5.74, 6) is 0.684. The molecule has 1 amide bonds. The third-order valence-corrected chi connectivity index (χ3v) is 3.31. The quantitative estimate of drug-likeness (QED) is 0.828. The second-order valence-electron chi connectivity index (χ2n) is 5.82. The van der Waals surface area contributed by atoms with Gasteiger partial charge in [0.1, 0.15) is 5.82 Å². The predicted molar refractivity (Wildman–Crippen MR) is 87.6 cm³/mol. The SMILES string of the molecule is Cc1c(C(=O)NN(C)CC(C)C)nn(-c2ccccc2)c1N. The van der Waals surface area contributed by atoms with Crippen LogP contribution in [0.1, 0.15) is 29.9 Å². The number of nitrogens with one attached hydrogen (secondary N) is 1. The van der Waals surface area contributed by atoms with Crippen molar-refractivity contribution in [2.45, 2.75) is 20.8 Å². The number of aromatic nitrogens is 2. The number of anilines is 1. The van der Waals surface area contributed by atoms with Crippen LogP contribution >= 0.6 is 0 Å². The van der Waals surface area contributed by atoms with Gasteiger partial charge in [0, 0.05) is 19.2 Å². The Bertz CT molecular complexity index is 648. The van der Waals surface area contributed by atoms with Crippen LogP contribution in [0.3, 0.4) is 0 Å². The van der Waals surface area contributed by atoms with E-state index in [1.165, 1.54) is 0 Å². The second-order valence-corrected chi connectivity index (χ2v) is 5.82. The summed E-state index contributed by atoms with van der Waals surface area (Å²) in [6, 6.07) is 9.53. The molecule has 0 aliphatic rings. The minimum Gasteiger partial charge on any atom is -0.383 e. The first kappa shape index (κ1) is 16.0. The first-order valence-electron chi connectivity index (χ1n) is 7.32. The van der Waals surface area contributed by atoms with E-state index in [2.05, 4.69) is 24.4 Å². The fourth-order valence-corrected chi connectivity index (χ4v) is 2.31. The first-order chi connectivity index (χ1) is 10.4. The van der Waals surface area contributed by atoms with Crippen molar-refractivity contribution in [3.8, 4) is 5.69 Å². The van der Waals surface area contributed by atoms with Crippen LogP contribution in [0, 0.1) is 12.8 Å². The molecular weight excluding hydrogens is 278 g/mol. The number of hydrazine groups is 1. The highest BCUT2D eigenvalue weighted by molar-refractivity contribution is 5.94. The van der Waals surface area contributed by atoms with E-state index in [1.807, 2.05) is 37.4 Å². The number of para-hydroxylation sites is 1. The van der Waals surface area contributed by atoms with Gasteiger partial charge >= 0.3 is 0 Å². The molecule has 0 fully saturated rings. The number of hydrogen-bond donors (Lipinski definition) is 2. The Balaban J connectivity index is 2.24. The maximum absolute atomic E-state index is 12.4. The lowest BCUT2D eigenvalue weighted by Gasteiger charge is -2.19. The van der Waals surface area contributed by atoms with E-state index >= 15 is 0 Å². The summed E-state index contributed by atoms with van der Waals surface area (Å²) in [7, 11) is 1.84. The molecule has 0 aliphatic carbocycles. The van der Waals surface area contributed by atoms with Crippen LogP contribution < -0.4 is 11.2 Å². The fourth-order valence-electron chi connectivity index (χ4n) is 2.31. The Morgan fingerprint density at radius 2 is 2.00 bits per heavy atom. The Morgan fingerprint density at radius 3 is 2.59 bits per heavy atom.